The predicted octanol–water partition coefficient (Wildman–Crippen LogP) is 1.14. The van der Waals surface area contributed by atoms with Gasteiger partial charge in [0.05, 0.1) is 17.6 Å². The molecule has 0 aliphatic carbocycles. The van der Waals surface area contributed by atoms with Crippen molar-refractivity contribution in [2.75, 3.05) is 0 Å². The lowest BCUT2D eigenvalue weighted by atomic mass is 10.3. The smallest absolute Gasteiger partial charge is 0.320 e. The fourth-order valence-electron chi connectivity index (χ4n) is 1.69. The molecule has 1 aromatic heterocycles. The Morgan fingerprint density at radius 3 is 2.88 bits per heavy atom. The highest BCUT2D eigenvalue weighted by Gasteiger charge is 2.12. The number of aliphatic carboxylic acids is 1. The topological polar surface area (TPSA) is 67.2 Å². The molecular weight excluding hydrogens is 218 g/mol. The van der Waals surface area contributed by atoms with Crippen molar-refractivity contribution in [2.24, 2.45) is 7.05 Å². The molecule has 5 heteroatoms. The average Bonchev–Trinajstić information content (AvgIpc) is 2.64. The van der Waals surface area contributed by atoms with Gasteiger partial charge in [-0.25, -0.2) is 4.98 Å². The van der Waals surface area contributed by atoms with Crippen LogP contribution in [0.25, 0.3) is 11.0 Å². The van der Waals surface area contributed by atoms with Gasteiger partial charge in [-0.15, -0.1) is 0 Å². The lowest BCUT2D eigenvalue weighted by Crippen LogP contribution is -2.33. The van der Waals surface area contributed by atoms with E-state index in [2.05, 4.69) is 10.3 Å². The van der Waals surface area contributed by atoms with Crippen molar-refractivity contribution >= 4 is 17.0 Å². The molecule has 0 aliphatic rings. The molecule has 0 fully saturated rings. The number of benzene rings is 1. The zero-order valence-electron chi connectivity index (χ0n) is 9.84. The van der Waals surface area contributed by atoms with Gasteiger partial charge in [-0.1, -0.05) is 12.1 Å². The van der Waals surface area contributed by atoms with Crippen LogP contribution in [-0.2, 0) is 18.4 Å². The Hall–Kier alpha value is -1.88. The minimum atomic E-state index is -0.858. The van der Waals surface area contributed by atoms with E-state index >= 15 is 0 Å². The van der Waals surface area contributed by atoms with Gasteiger partial charge >= 0.3 is 5.97 Å². The Balaban J connectivity index is 2.19. The van der Waals surface area contributed by atoms with Crippen LogP contribution in [0.4, 0.5) is 0 Å². The minimum Gasteiger partial charge on any atom is -0.480 e. The van der Waals surface area contributed by atoms with E-state index in [1.807, 2.05) is 35.9 Å². The molecule has 1 aromatic carbocycles. The first-order valence-electron chi connectivity index (χ1n) is 5.46. The molecule has 1 atom stereocenters. The number of carboxylic acid groups (broad SMARTS) is 1. The monoisotopic (exact) mass is 233 g/mol. The van der Waals surface area contributed by atoms with Crippen LogP contribution in [0.2, 0.25) is 0 Å². The summed E-state index contributed by atoms with van der Waals surface area (Å²) in [6.45, 7) is 2.06. The number of fused-ring (bicyclic) bond motifs is 1. The van der Waals surface area contributed by atoms with Crippen molar-refractivity contribution in [2.45, 2.75) is 19.5 Å². The quantitative estimate of drug-likeness (QED) is 0.831. The van der Waals surface area contributed by atoms with Gasteiger partial charge in [-0.05, 0) is 19.1 Å². The van der Waals surface area contributed by atoms with Gasteiger partial charge in [-0.2, -0.15) is 0 Å². The first kappa shape index (κ1) is 11.6. The molecule has 0 bridgehead atoms. The third-order valence-electron chi connectivity index (χ3n) is 2.82. The third kappa shape index (κ3) is 2.29. The number of carboxylic acids is 1. The molecule has 0 spiro atoms. The molecule has 2 N–H and O–H groups in total. The lowest BCUT2D eigenvalue weighted by Gasteiger charge is -2.08. The summed E-state index contributed by atoms with van der Waals surface area (Å²) in [6.07, 6.45) is 0. The molecular formula is C12H15N3O2. The number of aromatic nitrogens is 2. The van der Waals surface area contributed by atoms with E-state index in [0.717, 1.165) is 16.9 Å². The zero-order valence-corrected chi connectivity index (χ0v) is 9.84. The van der Waals surface area contributed by atoms with Crippen molar-refractivity contribution in [1.82, 2.24) is 14.9 Å². The zero-order chi connectivity index (χ0) is 12.4. The second-order valence-corrected chi connectivity index (χ2v) is 4.02. The Morgan fingerprint density at radius 1 is 1.53 bits per heavy atom. The first-order chi connectivity index (χ1) is 8.09. The maximum Gasteiger partial charge on any atom is 0.320 e. The summed E-state index contributed by atoms with van der Waals surface area (Å²) >= 11 is 0. The summed E-state index contributed by atoms with van der Waals surface area (Å²) in [5, 5.41) is 11.7. The number of nitrogens with zero attached hydrogens (tertiary/aromatic N) is 2. The summed E-state index contributed by atoms with van der Waals surface area (Å²) in [5.74, 6) is -0.0249. The van der Waals surface area contributed by atoms with Gasteiger partial charge in [0.1, 0.15) is 11.9 Å². The molecule has 1 heterocycles. The van der Waals surface area contributed by atoms with Crippen LogP contribution >= 0.6 is 0 Å². The SMILES string of the molecule is C[C@@H](NCc1nc2ccccc2n1C)C(=O)O. The van der Waals surface area contributed by atoms with Crippen molar-refractivity contribution in [1.29, 1.82) is 0 Å². The highest BCUT2D eigenvalue weighted by atomic mass is 16.4. The highest BCUT2D eigenvalue weighted by molar-refractivity contribution is 5.76. The second-order valence-electron chi connectivity index (χ2n) is 4.02. The molecule has 0 unspecified atom stereocenters. The molecule has 0 saturated heterocycles. The Kier molecular flexibility index (Phi) is 3.10. The van der Waals surface area contributed by atoms with E-state index in [1.165, 1.54) is 0 Å². The normalized spacial score (nSPS) is 12.8. The Bertz CT molecular complexity index is 548. The molecule has 5 nitrogen and oxygen atoms in total. The van der Waals surface area contributed by atoms with Gasteiger partial charge in [-0.3, -0.25) is 10.1 Å². The fraction of sp³-hybridized carbons (Fsp3) is 0.333. The van der Waals surface area contributed by atoms with Crippen LogP contribution in [0.15, 0.2) is 24.3 Å². The Morgan fingerprint density at radius 2 is 2.24 bits per heavy atom. The largest absolute Gasteiger partial charge is 0.480 e. The number of carbonyl (C=O) groups is 1. The maximum absolute atomic E-state index is 10.7. The van der Waals surface area contributed by atoms with E-state index in [1.54, 1.807) is 6.92 Å². The molecule has 17 heavy (non-hydrogen) atoms. The number of imidazole rings is 1. The van der Waals surface area contributed by atoms with Gasteiger partial charge in [0.2, 0.25) is 0 Å². The lowest BCUT2D eigenvalue weighted by molar-refractivity contribution is -0.139. The minimum absolute atomic E-state index is 0.443. The number of aryl methyl sites for hydroxylation is 1. The summed E-state index contributed by atoms with van der Waals surface area (Å²) in [7, 11) is 1.93. The van der Waals surface area contributed by atoms with E-state index in [9.17, 15) is 4.79 Å². The third-order valence-corrected chi connectivity index (χ3v) is 2.82. The van der Waals surface area contributed by atoms with Gasteiger partial charge in [0.25, 0.3) is 0 Å². The summed E-state index contributed by atoms with van der Waals surface area (Å²) < 4.78 is 1.97. The molecule has 0 aliphatic heterocycles. The van der Waals surface area contributed by atoms with Gasteiger partial charge < -0.3 is 9.67 Å². The number of hydrogen-bond acceptors (Lipinski definition) is 3. The van der Waals surface area contributed by atoms with Crippen molar-refractivity contribution < 1.29 is 9.90 Å². The van der Waals surface area contributed by atoms with Crippen LogP contribution in [-0.4, -0.2) is 26.7 Å². The van der Waals surface area contributed by atoms with Gasteiger partial charge in [0.15, 0.2) is 0 Å². The van der Waals surface area contributed by atoms with E-state index in [-0.39, 0.29) is 0 Å². The van der Waals surface area contributed by atoms with Crippen LogP contribution in [0.3, 0.4) is 0 Å². The molecule has 0 amide bonds. The molecule has 0 saturated carbocycles. The van der Waals surface area contributed by atoms with Gasteiger partial charge in [0, 0.05) is 7.05 Å². The maximum atomic E-state index is 10.7. The van der Waals surface area contributed by atoms with Crippen molar-refractivity contribution in [3.8, 4) is 0 Å². The summed E-state index contributed by atoms with van der Waals surface area (Å²) in [6, 6.07) is 7.26. The number of rotatable bonds is 4. The average molecular weight is 233 g/mol. The Labute approximate surface area is 99.1 Å². The van der Waals surface area contributed by atoms with E-state index < -0.39 is 12.0 Å². The molecule has 0 radical (unpaired) electrons. The standard InChI is InChI=1S/C12H15N3O2/c1-8(12(16)17)13-7-11-14-9-5-3-4-6-10(9)15(11)2/h3-6,8,13H,7H2,1-2H3,(H,16,17)/t8-/m1/s1. The van der Waals surface area contributed by atoms with E-state index in [4.69, 9.17) is 5.11 Å². The van der Waals surface area contributed by atoms with Crippen LogP contribution in [0.5, 0.6) is 0 Å². The summed E-state index contributed by atoms with van der Waals surface area (Å²) in [5.41, 5.74) is 1.97. The predicted molar refractivity (Wildman–Crippen MR) is 64.7 cm³/mol. The van der Waals surface area contributed by atoms with Crippen LogP contribution < -0.4 is 5.32 Å². The first-order valence-corrected chi connectivity index (χ1v) is 5.46. The molecule has 2 aromatic rings. The van der Waals surface area contributed by atoms with Crippen molar-refractivity contribution in [3.05, 3.63) is 30.1 Å². The highest BCUT2D eigenvalue weighted by Crippen LogP contribution is 2.13. The fourth-order valence-corrected chi connectivity index (χ4v) is 1.69. The number of hydrogen-bond donors (Lipinski definition) is 2. The summed E-state index contributed by atoms with van der Waals surface area (Å²) in [4.78, 5) is 15.1. The molecule has 2 rings (SSSR count). The number of para-hydroxylation sites is 2. The van der Waals surface area contributed by atoms with Crippen LogP contribution in [0, 0.1) is 0 Å². The number of nitrogens with one attached hydrogen (secondary N) is 1. The van der Waals surface area contributed by atoms with Crippen LogP contribution in [0.1, 0.15) is 12.7 Å². The second kappa shape index (κ2) is 4.55. The molecule has 90 valence electrons. The van der Waals surface area contributed by atoms with Crippen molar-refractivity contribution in [3.63, 3.8) is 0 Å². The van der Waals surface area contributed by atoms with E-state index in [0.29, 0.717) is 6.54 Å².